The number of halogens is 2. The summed E-state index contributed by atoms with van der Waals surface area (Å²) in [4.78, 5) is 16.1. The molecule has 2 aliphatic rings. The molecule has 2 aliphatic heterocycles. The van der Waals surface area contributed by atoms with E-state index in [1.165, 1.54) is 12.3 Å². The molecule has 3 N–H and O–H groups in total. The van der Waals surface area contributed by atoms with Crippen LogP contribution in [-0.4, -0.2) is 63.4 Å². The summed E-state index contributed by atoms with van der Waals surface area (Å²) in [6, 6.07) is 10.1. The van der Waals surface area contributed by atoms with Gasteiger partial charge in [0, 0.05) is 30.2 Å². The zero-order valence-electron chi connectivity index (χ0n) is 22.8. The average Bonchev–Trinajstić information content (AvgIpc) is 3.52. The van der Waals surface area contributed by atoms with Crippen molar-refractivity contribution in [3.8, 4) is 17.3 Å². The highest BCUT2D eigenvalue weighted by Gasteiger charge is 2.45. The van der Waals surface area contributed by atoms with Crippen LogP contribution in [0.3, 0.4) is 0 Å². The maximum absolute atomic E-state index is 16.3. The lowest BCUT2D eigenvalue weighted by atomic mass is 9.94. The van der Waals surface area contributed by atoms with E-state index in [-0.39, 0.29) is 28.2 Å². The van der Waals surface area contributed by atoms with Crippen molar-refractivity contribution >= 4 is 27.5 Å². The summed E-state index contributed by atoms with van der Waals surface area (Å²) < 4.78 is 37.4. The Morgan fingerprint density at radius 2 is 1.80 bits per heavy atom. The molecule has 2 fully saturated rings. The van der Waals surface area contributed by atoms with E-state index in [2.05, 4.69) is 30.6 Å². The largest absolute Gasteiger partial charge is 0.461 e. The van der Waals surface area contributed by atoms with Gasteiger partial charge >= 0.3 is 6.01 Å². The molecule has 0 radical (unpaired) electrons. The quantitative estimate of drug-likeness (QED) is 0.235. The number of fused-ring (bicyclic) bond motifs is 3. The normalized spacial score (nSPS) is 17.0. The lowest BCUT2D eigenvalue weighted by Crippen LogP contribution is -2.43. The van der Waals surface area contributed by atoms with Crippen LogP contribution in [0.25, 0.3) is 32.9 Å². The molecule has 0 spiro atoms. The van der Waals surface area contributed by atoms with Gasteiger partial charge in [-0.25, -0.2) is 14.3 Å². The van der Waals surface area contributed by atoms with Crippen LogP contribution in [0.2, 0.25) is 0 Å². The monoisotopic (exact) mass is 548 g/mol. The topological polar surface area (TPSA) is 95.4 Å². The Labute approximate surface area is 231 Å². The highest BCUT2D eigenvalue weighted by molar-refractivity contribution is 5.99. The Hall–Kier alpha value is -3.47. The molecule has 2 aromatic carbocycles. The highest BCUT2D eigenvalue weighted by Crippen LogP contribution is 2.40. The number of rotatable bonds is 9. The summed E-state index contributed by atoms with van der Waals surface area (Å²) in [7, 11) is 0. The number of aromatic nitrogens is 3. The van der Waals surface area contributed by atoms with Gasteiger partial charge in [-0.2, -0.15) is 9.97 Å². The fourth-order valence-electron chi connectivity index (χ4n) is 6.18. The Balaban J connectivity index is 1.43. The standard InChI is InChI=1S/C30H34F2N6O2/c1-29(2,17-35-39)16-34-27-21-15-33-25(20-9-3-7-19-8-4-10-22(31)23(19)20)24(32)26(21)36-28(37-27)40-18-30-11-5-13-38(30)14-6-12-30/h3-4,7-10,15,35,39H,5-6,11-14,16-18H2,1-2H3,(H,34,36,37). The van der Waals surface area contributed by atoms with Crippen LogP contribution < -0.4 is 15.5 Å². The predicted octanol–water partition coefficient (Wildman–Crippen LogP) is 5.55. The first-order valence-electron chi connectivity index (χ1n) is 13.8. The number of benzene rings is 2. The van der Waals surface area contributed by atoms with Crippen LogP contribution in [0, 0.1) is 17.0 Å². The number of hydrogen-bond donors (Lipinski definition) is 3. The number of nitrogens with zero attached hydrogens (tertiary/aromatic N) is 4. The zero-order valence-corrected chi connectivity index (χ0v) is 22.8. The molecule has 0 atom stereocenters. The molecule has 4 aromatic rings. The maximum atomic E-state index is 16.3. The molecule has 40 heavy (non-hydrogen) atoms. The Morgan fingerprint density at radius 3 is 2.55 bits per heavy atom. The number of pyridine rings is 1. The van der Waals surface area contributed by atoms with E-state index < -0.39 is 11.6 Å². The molecule has 4 heterocycles. The van der Waals surface area contributed by atoms with E-state index >= 15 is 4.39 Å². The third kappa shape index (κ3) is 4.84. The number of ether oxygens (including phenoxy) is 1. The van der Waals surface area contributed by atoms with Crippen molar-refractivity contribution in [2.24, 2.45) is 5.41 Å². The minimum absolute atomic E-state index is 0.0139. The van der Waals surface area contributed by atoms with Crippen LogP contribution >= 0.6 is 0 Å². The van der Waals surface area contributed by atoms with E-state index in [1.807, 2.05) is 13.8 Å². The second-order valence-corrected chi connectivity index (χ2v) is 11.7. The Kier molecular flexibility index (Phi) is 7.02. The minimum atomic E-state index is -0.665. The minimum Gasteiger partial charge on any atom is -0.461 e. The molecule has 0 unspecified atom stereocenters. The third-order valence-electron chi connectivity index (χ3n) is 8.35. The van der Waals surface area contributed by atoms with Gasteiger partial charge < -0.3 is 15.3 Å². The number of anilines is 1. The van der Waals surface area contributed by atoms with Crippen molar-refractivity contribution < 1.29 is 18.7 Å². The molecule has 0 bridgehead atoms. The van der Waals surface area contributed by atoms with Crippen LogP contribution in [0.1, 0.15) is 39.5 Å². The van der Waals surface area contributed by atoms with Crippen LogP contribution in [0.5, 0.6) is 6.01 Å². The summed E-state index contributed by atoms with van der Waals surface area (Å²) in [6.45, 7) is 7.29. The first-order chi connectivity index (χ1) is 19.3. The number of hydrogen-bond acceptors (Lipinski definition) is 8. The van der Waals surface area contributed by atoms with Gasteiger partial charge in [0.2, 0.25) is 0 Å². The van der Waals surface area contributed by atoms with Gasteiger partial charge in [-0.15, -0.1) is 0 Å². The average molecular weight is 549 g/mol. The summed E-state index contributed by atoms with van der Waals surface area (Å²) >= 11 is 0. The third-order valence-corrected chi connectivity index (χ3v) is 8.35. The van der Waals surface area contributed by atoms with Crippen molar-refractivity contribution in [3.05, 3.63) is 54.2 Å². The molecule has 8 nitrogen and oxygen atoms in total. The summed E-state index contributed by atoms with van der Waals surface area (Å²) in [5, 5.41) is 13.9. The van der Waals surface area contributed by atoms with Crippen molar-refractivity contribution in [2.75, 3.05) is 38.1 Å². The maximum Gasteiger partial charge on any atom is 0.319 e. The number of nitrogens with one attached hydrogen (secondary N) is 2. The van der Waals surface area contributed by atoms with Gasteiger partial charge in [0.1, 0.15) is 29.5 Å². The first-order valence-corrected chi connectivity index (χ1v) is 13.8. The van der Waals surface area contributed by atoms with Crippen molar-refractivity contribution in [1.29, 1.82) is 0 Å². The molecule has 210 valence electrons. The zero-order chi connectivity index (χ0) is 27.9. The van der Waals surface area contributed by atoms with Gasteiger partial charge in [0.15, 0.2) is 5.82 Å². The summed E-state index contributed by atoms with van der Waals surface area (Å²) in [6.07, 6.45) is 5.90. The van der Waals surface area contributed by atoms with Gasteiger partial charge in [0.25, 0.3) is 0 Å². The predicted molar refractivity (Wildman–Crippen MR) is 151 cm³/mol. The first kappa shape index (κ1) is 26.7. The van der Waals surface area contributed by atoms with Crippen LogP contribution in [0.15, 0.2) is 42.6 Å². The fourth-order valence-corrected chi connectivity index (χ4v) is 6.18. The molecule has 2 saturated heterocycles. The molecular formula is C30H34F2N6O2. The second kappa shape index (κ2) is 10.5. The summed E-state index contributed by atoms with van der Waals surface area (Å²) in [5.41, 5.74) is 2.27. The van der Waals surface area contributed by atoms with E-state index in [0.29, 0.717) is 47.2 Å². The van der Waals surface area contributed by atoms with Crippen molar-refractivity contribution in [2.45, 2.75) is 45.1 Å². The fraction of sp³-hybridized carbons (Fsp3) is 0.433. The van der Waals surface area contributed by atoms with E-state index in [1.54, 1.807) is 30.3 Å². The van der Waals surface area contributed by atoms with Crippen molar-refractivity contribution in [3.63, 3.8) is 0 Å². The van der Waals surface area contributed by atoms with E-state index in [0.717, 1.165) is 38.8 Å². The van der Waals surface area contributed by atoms with Crippen LogP contribution in [0.4, 0.5) is 14.6 Å². The van der Waals surface area contributed by atoms with Gasteiger partial charge in [-0.3, -0.25) is 9.88 Å². The number of hydroxylamine groups is 1. The van der Waals surface area contributed by atoms with Crippen molar-refractivity contribution in [1.82, 2.24) is 25.3 Å². The lowest BCUT2D eigenvalue weighted by molar-refractivity contribution is 0.108. The van der Waals surface area contributed by atoms with E-state index in [4.69, 9.17) is 4.74 Å². The lowest BCUT2D eigenvalue weighted by Gasteiger charge is -2.31. The summed E-state index contributed by atoms with van der Waals surface area (Å²) in [5.74, 6) is -0.721. The molecule has 2 aromatic heterocycles. The Morgan fingerprint density at radius 1 is 1.05 bits per heavy atom. The SMILES string of the molecule is CC(C)(CNO)CNc1nc(OCC23CCCN2CCC3)nc2c(F)c(-c3cccc4cccc(F)c34)ncc12. The second-order valence-electron chi connectivity index (χ2n) is 11.7. The molecule has 10 heteroatoms. The van der Waals surface area contributed by atoms with Crippen LogP contribution in [-0.2, 0) is 0 Å². The van der Waals surface area contributed by atoms with Gasteiger partial charge in [-0.1, -0.05) is 44.2 Å². The van der Waals surface area contributed by atoms with Gasteiger partial charge in [-0.05, 0) is 55.6 Å². The Bertz CT molecular complexity index is 1550. The molecular weight excluding hydrogens is 514 g/mol. The molecule has 0 amide bonds. The molecule has 6 rings (SSSR count). The highest BCUT2D eigenvalue weighted by atomic mass is 19.1. The smallest absolute Gasteiger partial charge is 0.319 e. The molecule has 0 aliphatic carbocycles. The van der Waals surface area contributed by atoms with Gasteiger partial charge in [0.05, 0.1) is 10.9 Å². The van der Waals surface area contributed by atoms with E-state index in [9.17, 15) is 9.60 Å². The molecule has 0 saturated carbocycles.